The molecule has 0 saturated carbocycles. The van der Waals surface area contributed by atoms with E-state index in [4.69, 9.17) is 4.74 Å². The summed E-state index contributed by atoms with van der Waals surface area (Å²) in [6.45, 7) is 6.89. The number of nitrogens with one attached hydrogen (secondary N) is 1. The van der Waals surface area contributed by atoms with Crippen LogP contribution in [0.5, 0.6) is 0 Å². The van der Waals surface area contributed by atoms with Gasteiger partial charge in [-0.15, -0.1) is 0 Å². The lowest BCUT2D eigenvalue weighted by molar-refractivity contribution is -0.00443. The Hall–Kier alpha value is -0.650. The van der Waals surface area contributed by atoms with Crippen molar-refractivity contribution in [1.82, 2.24) is 0 Å². The summed E-state index contributed by atoms with van der Waals surface area (Å²) in [6.07, 6.45) is 0.490. The van der Waals surface area contributed by atoms with E-state index < -0.39 is 6.10 Å². The number of aliphatic hydroxyl groups excluding tert-OH is 1. The lowest BCUT2D eigenvalue weighted by Crippen LogP contribution is -2.27. The van der Waals surface area contributed by atoms with Crippen molar-refractivity contribution in [3.63, 3.8) is 0 Å². The van der Waals surface area contributed by atoms with Crippen LogP contribution in [0.1, 0.15) is 27.2 Å². The van der Waals surface area contributed by atoms with Crippen LogP contribution in [0.25, 0.3) is 0 Å². The molecule has 0 fully saturated rings. The van der Waals surface area contributed by atoms with E-state index in [0.717, 1.165) is 6.42 Å². The van der Waals surface area contributed by atoms with E-state index in [-0.39, 0.29) is 18.5 Å². The van der Waals surface area contributed by atoms with Gasteiger partial charge in [-0.3, -0.25) is 0 Å². The second-order valence-electron chi connectivity index (χ2n) is 5.44. The summed E-state index contributed by atoms with van der Waals surface area (Å²) in [5.74, 6) is 0.248. The van der Waals surface area contributed by atoms with Gasteiger partial charge in [0.05, 0.1) is 23.3 Å². The zero-order valence-electron chi connectivity index (χ0n) is 12.2. The molecule has 3 nitrogen and oxygen atoms in total. The maximum atomic E-state index is 13.3. The molecule has 20 heavy (non-hydrogen) atoms. The van der Waals surface area contributed by atoms with Gasteiger partial charge in [-0.25, -0.2) is 4.39 Å². The summed E-state index contributed by atoms with van der Waals surface area (Å²) in [5, 5.41) is 12.8. The Morgan fingerprint density at radius 2 is 2.05 bits per heavy atom. The van der Waals surface area contributed by atoms with Gasteiger partial charge < -0.3 is 15.2 Å². The van der Waals surface area contributed by atoms with Crippen molar-refractivity contribution in [3.05, 3.63) is 28.5 Å². The van der Waals surface area contributed by atoms with E-state index in [2.05, 4.69) is 35.1 Å². The average molecular weight is 348 g/mol. The molecular weight excluding hydrogens is 325 g/mol. The Balaban J connectivity index is 2.28. The predicted molar refractivity (Wildman–Crippen MR) is 83.5 cm³/mol. The summed E-state index contributed by atoms with van der Waals surface area (Å²) in [5.41, 5.74) is 0.639. The van der Waals surface area contributed by atoms with Crippen molar-refractivity contribution in [2.24, 2.45) is 5.92 Å². The molecule has 0 aliphatic heterocycles. The number of hydrogen-bond donors (Lipinski definition) is 2. The highest BCUT2D eigenvalue weighted by Gasteiger charge is 2.10. The highest BCUT2D eigenvalue weighted by atomic mass is 79.9. The highest BCUT2D eigenvalue weighted by molar-refractivity contribution is 9.10. The molecule has 2 atom stereocenters. The van der Waals surface area contributed by atoms with Crippen LogP contribution in [0.3, 0.4) is 0 Å². The molecule has 114 valence electrons. The largest absolute Gasteiger partial charge is 0.389 e. The first-order chi connectivity index (χ1) is 9.38. The Morgan fingerprint density at radius 3 is 2.65 bits per heavy atom. The van der Waals surface area contributed by atoms with Crippen LogP contribution < -0.4 is 5.32 Å². The number of anilines is 1. The van der Waals surface area contributed by atoms with Crippen LogP contribution in [-0.4, -0.2) is 30.5 Å². The van der Waals surface area contributed by atoms with Crippen molar-refractivity contribution in [1.29, 1.82) is 0 Å². The van der Waals surface area contributed by atoms with E-state index in [1.54, 1.807) is 12.1 Å². The molecule has 0 bridgehead atoms. The number of halogens is 2. The van der Waals surface area contributed by atoms with Crippen LogP contribution in [0, 0.1) is 11.7 Å². The summed E-state index contributed by atoms with van der Waals surface area (Å²) >= 11 is 3.10. The highest BCUT2D eigenvalue weighted by Crippen LogP contribution is 2.19. The topological polar surface area (TPSA) is 41.5 Å². The fourth-order valence-electron chi connectivity index (χ4n) is 1.91. The first-order valence-electron chi connectivity index (χ1n) is 6.87. The van der Waals surface area contributed by atoms with Crippen molar-refractivity contribution in [3.8, 4) is 0 Å². The molecule has 0 spiro atoms. The van der Waals surface area contributed by atoms with Crippen molar-refractivity contribution >= 4 is 21.6 Å². The third-order valence-electron chi connectivity index (χ3n) is 2.84. The summed E-state index contributed by atoms with van der Waals surface area (Å²) < 4.78 is 19.3. The first kappa shape index (κ1) is 17.4. The molecule has 0 amide bonds. The Morgan fingerprint density at radius 1 is 1.35 bits per heavy atom. The second kappa shape index (κ2) is 8.60. The third-order valence-corrected chi connectivity index (χ3v) is 3.48. The third kappa shape index (κ3) is 6.68. The Labute approximate surface area is 128 Å². The number of ether oxygens (including phenoxy) is 1. The van der Waals surface area contributed by atoms with Gasteiger partial charge in [-0.05, 0) is 53.4 Å². The molecule has 0 saturated heterocycles. The molecule has 2 unspecified atom stereocenters. The van der Waals surface area contributed by atoms with Gasteiger partial charge in [-0.1, -0.05) is 13.8 Å². The van der Waals surface area contributed by atoms with Crippen LogP contribution in [0.15, 0.2) is 22.7 Å². The number of hydrogen-bond acceptors (Lipinski definition) is 3. The van der Waals surface area contributed by atoms with E-state index in [1.165, 1.54) is 6.07 Å². The predicted octanol–water partition coefficient (Wildman–Crippen LogP) is 3.81. The number of aliphatic hydroxyl groups is 1. The quantitative estimate of drug-likeness (QED) is 0.751. The van der Waals surface area contributed by atoms with Crippen LogP contribution in [-0.2, 0) is 4.74 Å². The van der Waals surface area contributed by atoms with Crippen molar-refractivity contribution in [2.75, 3.05) is 18.5 Å². The zero-order valence-corrected chi connectivity index (χ0v) is 13.8. The zero-order chi connectivity index (χ0) is 15.1. The van der Waals surface area contributed by atoms with Gasteiger partial charge in [0, 0.05) is 12.2 Å². The summed E-state index contributed by atoms with van der Waals surface area (Å²) in [6, 6.07) is 4.77. The van der Waals surface area contributed by atoms with Crippen molar-refractivity contribution < 1.29 is 14.2 Å². The smallest absolute Gasteiger partial charge is 0.139 e. The monoisotopic (exact) mass is 347 g/mol. The van der Waals surface area contributed by atoms with Gasteiger partial charge in [0.15, 0.2) is 0 Å². The van der Waals surface area contributed by atoms with Gasteiger partial charge in [0.25, 0.3) is 0 Å². The molecule has 0 aliphatic rings. The van der Waals surface area contributed by atoms with E-state index in [9.17, 15) is 9.50 Å². The van der Waals surface area contributed by atoms with Crippen LogP contribution in [0.4, 0.5) is 10.1 Å². The van der Waals surface area contributed by atoms with Gasteiger partial charge in [0.1, 0.15) is 5.82 Å². The molecule has 2 N–H and O–H groups in total. The van der Waals surface area contributed by atoms with Crippen LogP contribution in [0.2, 0.25) is 0 Å². The lowest BCUT2D eigenvalue weighted by Gasteiger charge is -2.18. The SMILES string of the molecule is CC(C)CC(C)OCC(O)CNc1ccc(Br)c(F)c1. The maximum absolute atomic E-state index is 13.3. The molecule has 0 radical (unpaired) electrons. The van der Waals surface area contributed by atoms with Crippen LogP contribution >= 0.6 is 15.9 Å². The first-order valence-corrected chi connectivity index (χ1v) is 7.66. The molecule has 0 heterocycles. The van der Waals surface area contributed by atoms with Gasteiger partial charge in [0.2, 0.25) is 0 Å². The fraction of sp³-hybridized carbons (Fsp3) is 0.600. The minimum absolute atomic E-state index is 0.134. The average Bonchev–Trinajstić information content (AvgIpc) is 2.37. The van der Waals surface area contributed by atoms with E-state index in [0.29, 0.717) is 22.6 Å². The van der Waals surface area contributed by atoms with E-state index in [1.807, 2.05) is 6.92 Å². The standard InChI is InChI=1S/C15H23BrFNO2/c1-10(2)6-11(3)20-9-13(19)8-18-12-4-5-14(16)15(17)7-12/h4-5,7,10-11,13,18-19H,6,8-9H2,1-3H3. The van der Waals surface area contributed by atoms with Crippen molar-refractivity contribution in [2.45, 2.75) is 39.4 Å². The fourth-order valence-corrected chi connectivity index (χ4v) is 2.15. The molecule has 5 heteroatoms. The Bertz CT molecular complexity index is 415. The molecule has 0 aromatic heterocycles. The molecule has 1 aromatic carbocycles. The number of benzene rings is 1. The molecular formula is C15H23BrFNO2. The Kier molecular flexibility index (Phi) is 7.48. The normalized spacial score (nSPS) is 14.3. The second-order valence-corrected chi connectivity index (χ2v) is 6.29. The summed E-state index contributed by atoms with van der Waals surface area (Å²) in [4.78, 5) is 0. The van der Waals surface area contributed by atoms with Gasteiger partial charge >= 0.3 is 0 Å². The molecule has 1 rings (SSSR count). The lowest BCUT2D eigenvalue weighted by atomic mass is 10.1. The maximum Gasteiger partial charge on any atom is 0.139 e. The van der Waals surface area contributed by atoms with E-state index >= 15 is 0 Å². The summed E-state index contributed by atoms with van der Waals surface area (Å²) in [7, 11) is 0. The molecule has 0 aliphatic carbocycles. The minimum Gasteiger partial charge on any atom is -0.389 e. The molecule has 1 aromatic rings. The minimum atomic E-state index is -0.615. The number of rotatable bonds is 8. The van der Waals surface area contributed by atoms with Gasteiger partial charge in [-0.2, -0.15) is 0 Å².